The number of hydrogen-bond acceptors (Lipinski definition) is 8. The van der Waals surface area contributed by atoms with Gasteiger partial charge in [0.2, 0.25) is 0 Å². The first kappa shape index (κ1) is 28.0. The summed E-state index contributed by atoms with van der Waals surface area (Å²) in [5.41, 5.74) is 0.418. The molecule has 1 heterocycles. The largest absolute Gasteiger partial charge is 0.493 e. The van der Waals surface area contributed by atoms with Crippen LogP contribution >= 0.6 is 0 Å². The fourth-order valence-electron chi connectivity index (χ4n) is 3.97. The minimum atomic E-state index is -4.27. The van der Waals surface area contributed by atoms with Gasteiger partial charge in [-0.05, 0) is 42.2 Å². The minimum Gasteiger partial charge on any atom is -0.493 e. The van der Waals surface area contributed by atoms with Gasteiger partial charge in [0.05, 0.1) is 24.7 Å². The second-order valence-corrected chi connectivity index (χ2v) is 12.2. The Labute approximate surface area is 212 Å². The Balaban J connectivity index is 1.38. The maximum absolute atomic E-state index is 12.2. The van der Waals surface area contributed by atoms with Crippen molar-refractivity contribution in [1.82, 2.24) is 15.0 Å². The van der Waals surface area contributed by atoms with Gasteiger partial charge in [0, 0.05) is 25.6 Å². The summed E-state index contributed by atoms with van der Waals surface area (Å²) in [6, 6.07) is 13.7. The predicted molar refractivity (Wildman–Crippen MR) is 137 cm³/mol. The van der Waals surface area contributed by atoms with Crippen molar-refractivity contribution in [3.8, 4) is 5.75 Å². The third-order valence-electron chi connectivity index (χ3n) is 6.25. The highest BCUT2D eigenvalue weighted by molar-refractivity contribution is 7.87. The molecule has 0 amide bonds. The van der Waals surface area contributed by atoms with Crippen LogP contribution in [0.2, 0.25) is 0 Å². The maximum atomic E-state index is 12.2. The minimum absolute atomic E-state index is 0.0230. The molecule has 3 aromatic rings. The van der Waals surface area contributed by atoms with Crippen molar-refractivity contribution in [3.05, 3.63) is 54.4 Å². The lowest BCUT2D eigenvalue weighted by atomic mass is 9.96. The van der Waals surface area contributed by atoms with Crippen LogP contribution in [-0.4, -0.2) is 60.1 Å². The summed E-state index contributed by atoms with van der Waals surface area (Å²) in [5, 5.41) is 10.1. The average Bonchev–Trinajstić information content (AvgIpc) is 3.28. The summed E-state index contributed by atoms with van der Waals surface area (Å²) in [7, 11) is -7.98. The molecule has 1 aromatic heterocycles. The van der Waals surface area contributed by atoms with E-state index in [-0.39, 0.29) is 44.6 Å². The number of hydrogen-bond donors (Lipinski definition) is 1. The van der Waals surface area contributed by atoms with Crippen LogP contribution in [0.25, 0.3) is 10.8 Å². The topological polar surface area (TPSA) is 138 Å². The first-order valence-corrected chi connectivity index (χ1v) is 14.9. The summed E-state index contributed by atoms with van der Waals surface area (Å²) in [4.78, 5) is 0. The molecule has 0 spiro atoms. The van der Waals surface area contributed by atoms with Crippen LogP contribution in [-0.2, 0) is 37.4 Å². The number of aryl methyl sites for hydroxylation is 1. The Morgan fingerprint density at radius 1 is 0.972 bits per heavy atom. The van der Waals surface area contributed by atoms with Crippen molar-refractivity contribution in [1.29, 1.82) is 0 Å². The van der Waals surface area contributed by atoms with Gasteiger partial charge in [-0.15, -0.1) is 5.10 Å². The third-order valence-corrected chi connectivity index (χ3v) is 9.38. The molecule has 0 atom stereocenters. The first-order valence-electron chi connectivity index (χ1n) is 11.9. The van der Waals surface area contributed by atoms with Gasteiger partial charge in [0.25, 0.3) is 20.2 Å². The first-order chi connectivity index (χ1) is 17.1. The van der Waals surface area contributed by atoms with Crippen molar-refractivity contribution in [3.63, 3.8) is 0 Å². The molecule has 0 radical (unpaired) electrons. The molecule has 0 bridgehead atoms. The van der Waals surface area contributed by atoms with Gasteiger partial charge in [0.1, 0.15) is 10.5 Å². The van der Waals surface area contributed by atoms with E-state index in [2.05, 4.69) is 10.3 Å². The quantitative estimate of drug-likeness (QED) is 0.174. The SMILES string of the molecule is CCC(CC)(Cc1cn(CCCS(=O)(=O)OCCCOc2ccc3ccccc3c2)nn1)S(=O)(=O)O. The lowest BCUT2D eigenvalue weighted by Crippen LogP contribution is -2.39. The molecule has 0 aliphatic heterocycles. The van der Waals surface area contributed by atoms with E-state index in [9.17, 15) is 21.4 Å². The summed E-state index contributed by atoms with van der Waals surface area (Å²) in [6.07, 6.45) is 2.74. The summed E-state index contributed by atoms with van der Waals surface area (Å²) < 4.78 is 68.7. The second kappa shape index (κ2) is 12.1. The van der Waals surface area contributed by atoms with Crippen LogP contribution in [0, 0.1) is 0 Å². The highest BCUT2D eigenvalue weighted by Crippen LogP contribution is 2.29. The van der Waals surface area contributed by atoms with Crippen LogP contribution in [0.15, 0.2) is 48.7 Å². The molecule has 0 fully saturated rings. The van der Waals surface area contributed by atoms with Crippen molar-refractivity contribution in [2.24, 2.45) is 0 Å². The Bertz CT molecular complexity index is 1350. The molecule has 3 rings (SSSR count). The van der Waals surface area contributed by atoms with Crippen molar-refractivity contribution in [2.45, 2.75) is 57.2 Å². The highest BCUT2D eigenvalue weighted by atomic mass is 32.2. The van der Waals surface area contributed by atoms with E-state index < -0.39 is 25.0 Å². The molecule has 0 aliphatic rings. The Morgan fingerprint density at radius 2 is 1.69 bits per heavy atom. The molecule has 36 heavy (non-hydrogen) atoms. The summed E-state index contributed by atoms with van der Waals surface area (Å²) in [6.45, 7) is 4.02. The van der Waals surface area contributed by atoms with Crippen molar-refractivity contribution < 1.29 is 30.3 Å². The van der Waals surface area contributed by atoms with E-state index in [1.165, 1.54) is 4.68 Å². The molecular formula is C24H33N3O7S2. The van der Waals surface area contributed by atoms with Gasteiger partial charge in [0.15, 0.2) is 0 Å². The van der Waals surface area contributed by atoms with Crippen LogP contribution in [0.1, 0.15) is 45.2 Å². The molecule has 0 saturated carbocycles. The molecular weight excluding hydrogens is 506 g/mol. The Hall–Kier alpha value is -2.54. The maximum Gasteiger partial charge on any atom is 0.271 e. The van der Waals surface area contributed by atoms with E-state index in [0.29, 0.717) is 18.7 Å². The fourth-order valence-corrected chi connectivity index (χ4v) is 6.00. The molecule has 12 heteroatoms. The number of rotatable bonds is 15. The van der Waals surface area contributed by atoms with Crippen LogP contribution in [0.5, 0.6) is 5.75 Å². The Morgan fingerprint density at radius 3 is 2.39 bits per heavy atom. The predicted octanol–water partition coefficient (Wildman–Crippen LogP) is 3.63. The summed E-state index contributed by atoms with van der Waals surface area (Å²) in [5.74, 6) is 0.530. The number of aromatic nitrogens is 3. The zero-order chi connectivity index (χ0) is 26.2. The molecule has 1 N–H and O–H groups in total. The monoisotopic (exact) mass is 539 g/mol. The lowest BCUT2D eigenvalue weighted by molar-refractivity contribution is 0.250. The standard InChI is InChI=1S/C24H33N3O7S2/c1-3-24(4-2,36(30,31)32)18-22-19-27(26-25-22)13-7-16-35(28,29)34-15-8-14-33-23-12-11-20-9-5-6-10-21(20)17-23/h5-6,9-12,17,19H,3-4,7-8,13-16,18H2,1-2H3,(H,30,31,32). The molecule has 0 unspecified atom stereocenters. The van der Waals surface area contributed by atoms with E-state index in [0.717, 1.165) is 16.5 Å². The molecule has 198 valence electrons. The number of fused-ring (bicyclic) bond motifs is 1. The molecule has 0 aliphatic carbocycles. The summed E-state index contributed by atoms with van der Waals surface area (Å²) >= 11 is 0. The average molecular weight is 540 g/mol. The van der Waals surface area contributed by atoms with Crippen molar-refractivity contribution in [2.75, 3.05) is 19.0 Å². The van der Waals surface area contributed by atoms with Crippen LogP contribution in [0.3, 0.4) is 0 Å². The Kier molecular flexibility index (Phi) is 9.45. The number of nitrogens with zero attached hydrogens (tertiary/aromatic N) is 3. The second-order valence-electron chi connectivity index (χ2n) is 8.66. The third kappa shape index (κ3) is 7.48. The van der Waals surface area contributed by atoms with Gasteiger partial charge in [-0.1, -0.05) is 49.4 Å². The highest BCUT2D eigenvalue weighted by Gasteiger charge is 2.40. The molecule has 0 saturated heterocycles. The fraction of sp³-hybridized carbons (Fsp3) is 0.500. The van der Waals surface area contributed by atoms with Gasteiger partial charge in [-0.25, -0.2) is 0 Å². The van der Waals surface area contributed by atoms with Gasteiger partial charge in [-0.2, -0.15) is 16.8 Å². The van der Waals surface area contributed by atoms with Gasteiger partial charge >= 0.3 is 0 Å². The molecule has 2 aromatic carbocycles. The number of benzene rings is 2. The van der Waals surface area contributed by atoms with E-state index >= 15 is 0 Å². The molecule has 10 nitrogen and oxygen atoms in total. The lowest BCUT2D eigenvalue weighted by Gasteiger charge is -2.26. The van der Waals surface area contributed by atoms with Crippen LogP contribution < -0.4 is 4.74 Å². The van der Waals surface area contributed by atoms with Crippen LogP contribution in [0.4, 0.5) is 0 Å². The smallest absolute Gasteiger partial charge is 0.271 e. The zero-order valence-corrected chi connectivity index (χ0v) is 22.2. The van der Waals surface area contributed by atoms with E-state index in [1.54, 1.807) is 20.0 Å². The number of ether oxygens (including phenoxy) is 1. The van der Waals surface area contributed by atoms with E-state index in [4.69, 9.17) is 8.92 Å². The zero-order valence-electron chi connectivity index (χ0n) is 20.5. The van der Waals surface area contributed by atoms with E-state index in [1.807, 2.05) is 42.5 Å². The van der Waals surface area contributed by atoms with Gasteiger partial charge in [-0.3, -0.25) is 13.4 Å². The van der Waals surface area contributed by atoms with Gasteiger partial charge < -0.3 is 4.74 Å². The van der Waals surface area contributed by atoms with Crippen molar-refractivity contribution >= 4 is 31.0 Å². The normalized spacial score (nSPS) is 12.8.